The van der Waals surface area contributed by atoms with Crippen molar-refractivity contribution in [1.82, 2.24) is 5.43 Å². The van der Waals surface area contributed by atoms with Crippen molar-refractivity contribution in [3.8, 4) is 0 Å². The summed E-state index contributed by atoms with van der Waals surface area (Å²) < 4.78 is 27.8. The Morgan fingerprint density at radius 1 is 1.26 bits per heavy atom. The minimum atomic E-state index is -0.828. The Kier molecular flexibility index (Phi) is 5.04. The fourth-order valence-electron chi connectivity index (χ4n) is 1.86. The summed E-state index contributed by atoms with van der Waals surface area (Å²) in [6, 6.07) is 6.00. The van der Waals surface area contributed by atoms with Crippen molar-refractivity contribution in [2.75, 3.05) is 0 Å². The predicted octanol–water partition coefficient (Wildman–Crippen LogP) is 3.41. The van der Waals surface area contributed by atoms with Gasteiger partial charge in [-0.3, -0.25) is 11.3 Å². The molecule has 19 heavy (non-hydrogen) atoms. The molecule has 2 nitrogen and oxygen atoms in total. The van der Waals surface area contributed by atoms with Crippen molar-refractivity contribution in [2.24, 2.45) is 5.84 Å². The third-order valence-corrected chi connectivity index (χ3v) is 4.81. The van der Waals surface area contributed by atoms with E-state index in [1.165, 1.54) is 6.07 Å². The van der Waals surface area contributed by atoms with Crippen LogP contribution in [0, 0.1) is 11.6 Å². The van der Waals surface area contributed by atoms with Crippen LogP contribution in [-0.4, -0.2) is 6.04 Å². The Labute approximate surface area is 122 Å². The number of hydrogen-bond donors (Lipinski definition) is 2. The maximum absolute atomic E-state index is 13.6. The molecule has 0 fully saturated rings. The molecule has 0 amide bonds. The summed E-state index contributed by atoms with van der Waals surface area (Å²) in [5.41, 5.74) is 2.99. The highest BCUT2D eigenvalue weighted by Gasteiger charge is 2.15. The molecule has 0 aliphatic carbocycles. The van der Waals surface area contributed by atoms with Gasteiger partial charge in [-0.2, -0.15) is 0 Å². The molecule has 0 bridgehead atoms. The van der Waals surface area contributed by atoms with Gasteiger partial charge in [0, 0.05) is 15.4 Å². The number of benzene rings is 1. The second kappa shape index (κ2) is 6.56. The van der Waals surface area contributed by atoms with E-state index in [1.54, 1.807) is 17.4 Å². The quantitative estimate of drug-likeness (QED) is 0.643. The highest BCUT2D eigenvalue weighted by atomic mass is 79.9. The topological polar surface area (TPSA) is 38.0 Å². The van der Waals surface area contributed by atoms with Gasteiger partial charge in [0.05, 0.1) is 0 Å². The Bertz CT molecular complexity index is 559. The second-order valence-electron chi connectivity index (χ2n) is 4.18. The summed E-state index contributed by atoms with van der Waals surface area (Å²) in [7, 11) is 0. The number of hydrogen-bond acceptors (Lipinski definition) is 3. The lowest BCUT2D eigenvalue weighted by Gasteiger charge is -2.16. The van der Waals surface area contributed by atoms with Crippen molar-refractivity contribution >= 4 is 27.3 Å². The summed E-state index contributed by atoms with van der Waals surface area (Å²) in [5, 5.41) is 1.97. The largest absolute Gasteiger partial charge is 0.271 e. The van der Waals surface area contributed by atoms with Gasteiger partial charge in [0.1, 0.15) is 0 Å². The molecule has 2 aromatic rings. The van der Waals surface area contributed by atoms with Gasteiger partial charge >= 0.3 is 0 Å². The molecule has 1 unspecified atom stereocenters. The molecule has 0 aliphatic rings. The fourth-order valence-corrected chi connectivity index (χ4v) is 3.45. The van der Waals surface area contributed by atoms with E-state index in [2.05, 4.69) is 21.4 Å². The molecule has 0 radical (unpaired) electrons. The van der Waals surface area contributed by atoms with E-state index in [0.29, 0.717) is 18.4 Å². The molecular weight excluding hydrogens is 334 g/mol. The molecule has 1 heterocycles. The van der Waals surface area contributed by atoms with E-state index >= 15 is 0 Å². The maximum atomic E-state index is 13.6. The van der Waals surface area contributed by atoms with Crippen LogP contribution >= 0.6 is 27.3 Å². The Morgan fingerprint density at radius 2 is 2.05 bits per heavy atom. The van der Waals surface area contributed by atoms with Gasteiger partial charge in [-0.1, -0.05) is 12.1 Å². The van der Waals surface area contributed by atoms with Crippen LogP contribution < -0.4 is 11.3 Å². The highest BCUT2D eigenvalue weighted by Crippen LogP contribution is 2.25. The van der Waals surface area contributed by atoms with E-state index in [9.17, 15) is 8.78 Å². The van der Waals surface area contributed by atoms with E-state index in [0.717, 1.165) is 15.4 Å². The number of thiophene rings is 1. The first-order valence-electron chi connectivity index (χ1n) is 5.72. The van der Waals surface area contributed by atoms with Gasteiger partial charge in [-0.05, 0) is 51.8 Å². The number of hydrazine groups is 1. The first kappa shape index (κ1) is 14.6. The summed E-state index contributed by atoms with van der Waals surface area (Å²) in [6.07, 6.45) is 0.995. The summed E-state index contributed by atoms with van der Waals surface area (Å²) in [5.74, 6) is 3.87. The second-order valence-corrected chi connectivity index (χ2v) is 6.03. The minimum absolute atomic E-state index is 0.147. The smallest absolute Gasteiger partial charge is 0.162 e. The van der Waals surface area contributed by atoms with E-state index < -0.39 is 11.6 Å². The van der Waals surface area contributed by atoms with Gasteiger partial charge < -0.3 is 0 Å². The van der Waals surface area contributed by atoms with Crippen LogP contribution in [0.3, 0.4) is 0 Å². The van der Waals surface area contributed by atoms with E-state index in [1.807, 2.05) is 11.4 Å². The SMILES string of the molecule is NNC(Cc1cccc(F)c1F)Cc1sccc1Br. The van der Waals surface area contributed by atoms with Crippen LogP contribution in [0.2, 0.25) is 0 Å². The molecule has 6 heteroatoms. The van der Waals surface area contributed by atoms with Crippen molar-refractivity contribution in [2.45, 2.75) is 18.9 Å². The monoisotopic (exact) mass is 346 g/mol. The number of nitrogens with two attached hydrogens (primary N) is 1. The normalized spacial score (nSPS) is 12.6. The molecular formula is C13H13BrF2N2S. The first-order valence-corrected chi connectivity index (χ1v) is 7.40. The lowest BCUT2D eigenvalue weighted by molar-refractivity contribution is 0.474. The summed E-state index contributed by atoms with van der Waals surface area (Å²) in [6.45, 7) is 0. The van der Waals surface area contributed by atoms with Gasteiger partial charge in [-0.15, -0.1) is 11.3 Å². The van der Waals surface area contributed by atoms with Crippen LogP contribution in [0.5, 0.6) is 0 Å². The van der Waals surface area contributed by atoms with Crippen molar-refractivity contribution in [1.29, 1.82) is 0 Å². The number of halogens is 3. The molecule has 0 spiro atoms. The zero-order chi connectivity index (χ0) is 13.8. The Balaban J connectivity index is 2.11. The van der Waals surface area contributed by atoms with Gasteiger partial charge in [-0.25, -0.2) is 8.78 Å². The third kappa shape index (κ3) is 3.60. The molecule has 2 rings (SSSR count). The summed E-state index contributed by atoms with van der Waals surface area (Å²) >= 11 is 5.04. The standard InChI is InChI=1S/C13H13BrF2N2S/c14-10-4-5-19-12(10)7-9(18-17)6-8-2-1-3-11(15)13(8)16/h1-5,9,18H,6-7,17H2. The predicted molar refractivity (Wildman–Crippen MR) is 76.9 cm³/mol. The number of nitrogens with one attached hydrogen (secondary N) is 1. The first-order chi connectivity index (χ1) is 9.11. The van der Waals surface area contributed by atoms with Gasteiger partial charge in [0.15, 0.2) is 11.6 Å². The third-order valence-electron chi connectivity index (χ3n) is 2.86. The molecule has 102 valence electrons. The Hall–Kier alpha value is -0.820. The molecule has 1 aromatic heterocycles. The average molecular weight is 347 g/mol. The zero-order valence-electron chi connectivity index (χ0n) is 10.00. The fraction of sp³-hybridized carbons (Fsp3) is 0.231. The number of rotatable bonds is 5. The molecule has 3 N–H and O–H groups in total. The van der Waals surface area contributed by atoms with Crippen LogP contribution in [0.1, 0.15) is 10.4 Å². The molecule has 1 atom stereocenters. The lowest BCUT2D eigenvalue weighted by atomic mass is 10.0. The average Bonchev–Trinajstić information content (AvgIpc) is 2.79. The van der Waals surface area contributed by atoms with E-state index in [-0.39, 0.29) is 6.04 Å². The van der Waals surface area contributed by atoms with Crippen molar-refractivity contribution < 1.29 is 8.78 Å². The minimum Gasteiger partial charge on any atom is -0.271 e. The summed E-state index contributed by atoms with van der Waals surface area (Å²) in [4.78, 5) is 1.12. The molecule has 0 saturated carbocycles. The van der Waals surface area contributed by atoms with Crippen LogP contribution in [0.4, 0.5) is 8.78 Å². The van der Waals surface area contributed by atoms with E-state index in [4.69, 9.17) is 5.84 Å². The van der Waals surface area contributed by atoms with Gasteiger partial charge in [0.2, 0.25) is 0 Å². The highest BCUT2D eigenvalue weighted by molar-refractivity contribution is 9.10. The zero-order valence-corrected chi connectivity index (χ0v) is 12.4. The lowest BCUT2D eigenvalue weighted by Crippen LogP contribution is -2.38. The van der Waals surface area contributed by atoms with Crippen LogP contribution in [0.15, 0.2) is 34.1 Å². The Morgan fingerprint density at radius 3 is 2.68 bits per heavy atom. The van der Waals surface area contributed by atoms with Crippen LogP contribution in [0.25, 0.3) is 0 Å². The van der Waals surface area contributed by atoms with Crippen molar-refractivity contribution in [3.63, 3.8) is 0 Å². The van der Waals surface area contributed by atoms with Crippen LogP contribution in [-0.2, 0) is 12.8 Å². The van der Waals surface area contributed by atoms with Crippen molar-refractivity contribution in [3.05, 3.63) is 56.2 Å². The molecule has 0 aliphatic heterocycles. The molecule has 1 aromatic carbocycles. The molecule has 0 saturated heterocycles. The van der Waals surface area contributed by atoms with Gasteiger partial charge in [0.25, 0.3) is 0 Å². The maximum Gasteiger partial charge on any atom is 0.162 e.